The number of nitrogens with zero attached hydrogens (tertiary/aromatic N) is 2. The van der Waals surface area contributed by atoms with Crippen molar-refractivity contribution in [1.29, 1.82) is 0 Å². The van der Waals surface area contributed by atoms with E-state index in [-0.39, 0.29) is 29.6 Å². The van der Waals surface area contributed by atoms with Gasteiger partial charge < -0.3 is 19.3 Å². The third-order valence-corrected chi connectivity index (χ3v) is 6.46. The molecule has 2 bridgehead atoms. The van der Waals surface area contributed by atoms with E-state index >= 15 is 0 Å². The number of fused-ring (bicyclic) bond motifs is 2. The lowest BCUT2D eigenvalue weighted by Crippen LogP contribution is -2.54. The minimum Gasteiger partial charge on any atom is -0.466 e. The van der Waals surface area contributed by atoms with Crippen molar-refractivity contribution in [2.45, 2.75) is 37.5 Å². The van der Waals surface area contributed by atoms with Gasteiger partial charge in [-0.15, -0.1) is 0 Å². The predicted octanol–water partition coefficient (Wildman–Crippen LogP) is 3.97. The zero-order valence-corrected chi connectivity index (χ0v) is 17.6. The number of hydrogen-bond donors (Lipinski definition) is 0. The van der Waals surface area contributed by atoms with Gasteiger partial charge in [0.25, 0.3) is 0 Å². The number of hydrogen-bond acceptors (Lipinski definition) is 4. The van der Waals surface area contributed by atoms with Gasteiger partial charge in [-0.3, -0.25) is 0 Å². The lowest BCUT2D eigenvalue weighted by molar-refractivity contribution is -0.138. The molecule has 0 radical (unpaired) electrons. The van der Waals surface area contributed by atoms with Gasteiger partial charge in [0.1, 0.15) is 0 Å². The lowest BCUT2D eigenvalue weighted by Gasteiger charge is -2.41. The molecule has 2 fully saturated rings. The van der Waals surface area contributed by atoms with Gasteiger partial charge in [0.05, 0.1) is 42.5 Å². The molecule has 3 aliphatic heterocycles. The molecule has 0 saturated carbocycles. The molecule has 0 aromatic heterocycles. The molecular formula is C21H22ClF3N2O4. The number of alkyl halides is 3. The molecule has 10 heteroatoms. The molecule has 2 atom stereocenters. The Kier molecular flexibility index (Phi) is 5.91. The molecule has 1 aromatic carbocycles. The lowest BCUT2D eigenvalue weighted by atomic mass is 9.87. The van der Waals surface area contributed by atoms with E-state index in [0.29, 0.717) is 44.7 Å². The maximum Gasteiger partial charge on any atom is 0.417 e. The quantitative estimate of drug-likeness (QED) is 0.629. The molecular weight excluding hydrogens is 437 g/mol. The van der Waals surface area contributed by atoms with Crippen LogP contribution in [0, 0.1) is 0 Å². The molecule has 4 rings (SSSR count). The number of carbonyl (C=O) groups is 2. The van der Waals surface area contributed by atoms with Crippen LogP contribution in [0.5, 0.6) is 0 Å². The number of esters is 1. The first-order chi connectivity index (χ1) is 14.7. The predicted molar refractivity (Wildman–Crippen MR) is 106 cm³/mol. The number of halogens is 4. The molecule has 6 nitrogen and oxygen atoms in total. The smallest absolute Gasteiger partial charge is 0.417 e. The Morgan fingerprint density at radius 1 is 1.19 bits per heavy atom. The minimum atomic E-state index is -4.62. The fourth-order valence-corrected chi connectivity index (χ4v) is 4.92. The summed E-state index contributed by atoms with van der Waals surface area (Å²) in [5, 5.41) is -0.403. The second-order valence-electron chi connectivity index (χ2n) is 7.82. The van der Waals surface area contributed by atoms with Crippen molar-refractivity contribution in [2.75, 3.05) is 33.4 Å². The summed E-state index contributed by atoms with van der Waals surface area (Å²) in [5.41, 5.74) is 0.0379. The highest BCUT2D eigenvalue weighted by molar-refractivity contribution is 6.31. The molecule has 2 saturated heterocycles. The van der Waals surface area contributed by atoms with E-state index in [1.54, 1.807) is 9.80 Å². The number of morpholine rings is 1. The van der Waals surface area contributed by atoms with Crippen molar-refractivity contribution >= 4 is 29.2 Å². The summed E-state index contributed by atoms with van der Waals surface area (Å²) >= 11 is 5.77. The molecule has 168 valence electrons. The largest absolute Gasteiger partial charge is 0.466 e. The van der Waals surface area contributed by atoms with E-state index in [0.717, 1.165) is 6.07 Å². The second-order valence-corrected chi connectivity index (χ2v) is 8.22. The van der Waals surface area contributed by atoms with Gasteiger partial charge in [-0.05, 0) is 42.5 Å². The number of ether oxygens (including phenoxy) is 2. The van der Waals surface area contributed by atoms with Crippen LogP contribution in [0.25, 0.3) is 5.57 Å². The van der Waals surface area contributed by atoms with Gasteiger partial charge in [0, 0.05) is 19.1 Å². The van der Waals surface area contributed by atoms with Crippen LogP contribution in [-0.2, 0) is 20.4 Å². The van der Waals surface area contributed by atoms with Gasteiger partial charge in [0.15, 0.2) is 0 Å². The van der Waals surface area contributed by atoms with Crippen molar-refractivity contribution in [1.82, 2.24) is 9.80 Å². The maximum atomic E-state index is 13.4. The SMILES string of the molecule is COC(=O)C1=C(c2ccc(Cl)c(C(F)(F)F)c2)C[C@@H]2CC[C@H]1N2C(=O)N1CCOCC1. The van der Waals surface area contributed by atoms with E-state index < -0.39 is 28.8 Å². The molecule has 2 amide bonds. The first-order valence-corrected chi connectivity index (χ1v) is 10.4. The van der Waals surface area contributed by atoms with Gasteiger partial charge in [-0.2, -0.15) is 13.2 Å². The Morgan fingerprint density at radius 3 is 2.55 bits per heavy atom. The third kappa shape index (κ3) is 4.01. The monoisotopic (exact) mass is 458 g/mol. The fraction of sp³-hybridized carbons (Fsp3) is 0.524. The van der Waals surface area contributed by atoms with Crippen molar-refractivity contribution in [3.05, 3.63) is 39.9 Å². The van der Waals surface area contributed by atoms with Gasteiger partial charge in [0.2, 0.25) is 0 Å². The van der Waals surface area contributed by atoms with E-state index in [9.17, 15) is 22.8 Å². The van der Waals surface area contributed by atoms with Crippen LogP contribution in [0.2, 0.25) is 5.02 Å². The highest BCUT2D eigenvalue weighted by Gasteiger charge is 2.48. The second kappa shape index (κ2) is 8.35. The van der Waals surface area contributed by atoms with Crippen LogP contribution >= 0.6 is 11.6 Å². The fourth-order valence-electron chi connectivity index (χ4n) is 4.69. The molecule has 3 heterocycles. The number of methoxy groups -OCH3 is 1. The third-order valence-electron chi connectivity index (χ3n) is 6.13. The highest BCUT2D eigenvalue weighted by Crippen LogP contribution is 2.45. The Labute approximate surface area is 182 Å². The van der Waals surface area contributed by atoms with Gasteiger partial charge >= 0.3 is 18.2 Å². The minimum absolute atomic E-state index is 0.177. The summed E-state index contributed by atoms with van der Waals surface area (Å²) in [6.45, 7) is 1.83. The first kappa shape index (κ1) is 22.0. The van der Waals surface area contributed by atoms with Crippen LogP contribution in [0.3, 0.4) is 0 Å². The number of rotatable bonds is 2. The maximum absolute atomic E-state index is 13.4. The normalized spacial score (nSPS) is 23.9. The van der Waals surface area contributed by atoms with Crippen molar-refractivity contribution < 1.29 is 32.2 Å². The zero-order valence-electron chi connectivity index (χ0n) is 16.9. The van der Waals surface area contributed by atoms with Crippen LogP contribution in [0.15, 0.2) is 23.8 Å². The zero-order chi connectivity index (χ0) is 22.3. The topological polar surface area (TPSA) is 59.1 Å². The number of benzene rings is 1. The number of urea groups is 1. The van der Waals surface area contributed by atoms with E-state index in [1.807, 2.05) is 0 Å². The summed E-state index contributed by atoms with van der Waals surface area (Å²) < 4.78 is 50.5. The summed E-state index contributed by atoms with van der Waals surface area (Å²) in [6.07, 6.45) is -3.14. The van der Waals surface area contributed by atoms with Crippen LogP contribution in [0.4, 0.5) is 18.0 Å². The molecule has 31 heavy (non-hydrogen) atoms. The summed E-state index contributed by atoms with van der Waals surface area (Å²) in [5.74, 6) is -0.636. The molecule has 1 aromatic rings. The van der Waals surface area contributed by atoms with E-state index in [2.05, 4.69) is 0 Å². The average Bonchev–Trinajstić information content (AvgIpc) is 3.06. The van der Waals surface area contributed by atoms with Crippen molar-refractivity contribution in [3.8, 4) is 0 Å². The Bertz CT molecular complexity index is 928. The summed E-state index contributed by atoms with van der Waals surface area (Å²) in [6, 6.07) is 2.72. The first-order valence-electron chi connectivity index (χ1n) is 10.1. The van der Waals surface area contributed by atoms with Gasteiger partial charge in [-0.1, -0.05) is 17.7 Å². The van der Waals surface area contributed by atoms with Crippen molar-refractivity contribution in [2.24, 2.45) is 0 Å². The average molecular weight is 459 g/mol. The van der Waals surface area contributed by atoms with E-state index in [1.165, 1.54) is 19.2 Å². The molecule has 0 spiro atoms. The van der Waals surface area contributed by atoms with Gasteiger partial charge in [-0.25, -0.2) is 9.59 Å². The van der Waals surface area contributed by atoms with Crippen LogP contribution in [0.1, 0.15) is 30.4 Å². The standard InChI is InChI=1S/C21H22ClF3N2O4/c1-30-19(28)18-14(12-2-4-16(22)15(10-12)21(23,24)25)11-13-3-5-17(18)27(13)20(29)26-6-8-31-9-7-26/h2,4,10,13,17H,3,5-9,11H2,1H3/t13-,17+/m0/s1. The highest BCUT2D eigenvalue weighted by atomic mass is 35.5. The molecule has 0 unspecified atom stereocenters. The molecule has 3 aliphatic rings. The van der Waals surface area contributed by atoms with Crippen LogP contribution < -0.4 is 0 Å². The van der Waals surface area contributed by atoms with Crippen LogP contribution in [-0.4, -0.2) is 67.3 Å². The number of amides is 2. The summed E-state index contributed by atoms with van der Waals surface area (Å²) in [7, 11) is 1.23. The Morgan fingerprint density at radius 2 is 1.90 bits per heavy atom. The molecule has 0 aliphatic carbocycles. The van der Waals surface area contributed by atoms with Crippen molar-refractivity contribution in [3.63, 3.8) is 0 Å². The number of carbonyl (C=O) groups excluding carboxylic acids is 2. The van der Waals surface area contributed by atoms with E-state index in [4.69, 9.17) is 21.1 Å². The Balaban J connectivity index is 1.76. The Hall–Kier alpha value is -2.26. The summed E-state index contributed by atoms with van der Waals surface area (Å²) in [4.78, 5) is 29.3. The molecule has 0 N–H and O–H groups in total.